The fraction of sp³-hybridized carbons (Fsp3) is 0.294. The zero-order chi connectivity index (χ0) is 19.8. The van der Waals surface area contributed by atoms with Gasteiger partial charge in [0.1, 0.15) is 16.7 Å². The highest BCUT2D eigenvalue weighted by Crippen LogP contribution is 2.32. The van der Waals surface area contributed by atoms with Gasteiger partial charge in [-0.15, -0.1) is 11.3 Å². The van der Waals surface area contributed by atoms with Gasteiger partial charge in [0.25, 0.3) is 5.91 Å². The number of benzene rings is 1. The quantitative estimate of drug-likeness (QED) is 0.655. The summed E-state index contributed by atoms with van der Waals surface area (Å²) in [6.45, 7) is 3.42. The highest BCUT2D eigenvalue weighted by atomic mass is 32.1. The van der Waals surface area contributed by atoms with Crippen molar-refractivity contribution >= 4 is 17.2 Å². The van der Waals surface area contributed by atoms with E-state index in [2.05, 4.69) is 15.1 Å². The molecule has 0 bridgehead atoms. The average molecular weight is 396 g/mol. The molecule has 0 unspecified atom stereocenters. The minimum absolute atomic E-state index is 0.195. The fourth-order valence-electron chi connectivity index (χ4n) is 2.31. The van der Waals surface area contributed by atoms with E-state index in [1.54, 1.807) is 26.3 Å². The molecule has 3 rings (SSSR count). The van der Waals surface area contributed by atoms with Crippen LogP contribution >= 0.6 is 11.3 Å². The van der Waals surface area contributed by atoms with Gasteiger partial charge in [-0.3, -0.25) is 4.79 Å². The lowest BCUT2D eigenvalue weighted by Gasteiger charge is -2.20. The molecule has 6 nitrogen and oxygen atoms in total. The Kier molecular flexibility index (Phi) is 5.01. The van der Waals surface area contributed by atoms with Crippen LogP contribution in [0.2, 0.25) is 0 Å². The minimum Gasteiger partial charge on any atom is -0.337 e. The van der Waals surface area contributed by atoms with Gasteiger partial charge in [0.05, 0.1) is 5.56 Å². The molecule has 3 aromatic rings. The Labute approximate surface area is 156 Å². The average Bonchev–Trinajstić information content (AvgIpc) is 3.28. The van der Waals surface area contributed by atoms with Crippen LogP contribution < -0.4 is 0 Å². The first-order valence-corrected chi connectivity index (χ1v) is 8.75. The maximum Gasteiger partial charge on any atom is 0.416 e. The molecule has 2 heterocycles. The van der Waals surface area contributed by atoms with Crippen molar-refractivity contribution in [3.8, 4) is 10.6 Å². The van der Waals surface area contributed by atoms with Crippen LogP contribution in [-0.4, -0.2) is 33.0 Å². The first kappa shape index (κ1) is 19.0. The van der Waals surface area contributed by atoms with Gasteiger partial charge < -0.3 is 9.42 Å². The van der Waals surface area contributed by atoms with Crippen molar-refractivity contribution < 1.29 is 22.5 Å². The monoisotopic (exact) mass is 396 g/mol. The molecule has 0 N–H and O–H groups in total. The summed E-state index contributed by atoms with van der Waals surface area (Å²) in [5.74, 6) is 0.422. The summed E-state index contributed by atoms with van der Waals surface area (Å²) in [5.41, 5.74) is -0.0294. The molecule has 1 atom stereocenters. The van der Waals surface area contributed by atoms with E-state index >= 15 is 0 Å². The van der Waals surface area contributed by atoms with Gasteiger partial charge in [-0.2, -0.15) is 18.2 Å². The number of hydrogen-bond donors (Lipinski definition) is 0. The van der Waals surface area contributed by atoms with E-state index in [1.165, 1.54) is 28.4 Å². The molecule has 10 heteroatoms. The summed E-state index contributed by atoms with van der Waals surface area (Å²) in [6, 6.07) is 4.21. The van der Waals surface area contributed by atoms with Crippen LogP contribution in [-0.2, 0) is 6.18 Å². The van der Waals surface area contributed by atoms with E-state index in [0.717, 1.165) is 12.1 Å². The van der Waals surface area contributed by atoms with Gasteiger partial charge in [-0.25, -0.2) is 4.98 Å². The Bertz CT molecular complexity index is 950. The number of carbonyl (C=O) groups excluding carboxylic acids is 1. The third-order valence-electron chi connectivity index (χ3n) is 3.98. The van der Waals surface area contributed by atoms with Gasteiger partial charge in [-0.1, -0.05) is 17.3 Å². The topological polar surface area (TPSA) is 72.1 Å². The van der Waals surface area contributed by atoms with Crippen LogP contribution in [0.4, 0.5) is 13.2 Å². The summed E-state index contributed by atoms with van der Waals surface area (Å²) >= 11 is 1.18. The number of aromatic nitrogens is 3. The largest absolute Gasteiger partial charge is 0.416 e. The molecule has 0 fully saturated rings. The first-order chi connectivity index (χ1) is 12.7. The Morgan fingerprint density at radius 2 is 1.89 bits per heavy atom. The van der Waals surface area contributed by atoms with E-state index in [9.17, 15) is 18.0 Å². The summed E-state index contributed by atoms with van der Waals surface area (Å²) in [5, 5.41) is 5.73. The predicted molar refractivity (Wildman–Crippen MR) is 92.1 cm³/mol. The third-order valence-corrected chi connectivity index (χ3v) is 4.88. The van der Waals surface area contributed by atoms with Gasteiger partial charge >= 0.3 is 6.18 Å². The molecule has 0 saturated carbocycles. The van der Waals surface area contributed by atoms with E-state index in [1.807, 2.05) is 0 Å². The van der Waals surface area contributed by atoms with E-state index in [4.69, 9.17) is 4.52 Å². The second-order valence-corrected chi connectivity index (χ2v) is 6.74. The van der Waals surface area contributed by atoms with E-state index < -0.39 is 17.8 Å². The zero-order valence-electron chi connectivity index (χ0n) is 14.6. The van der Waals surface area contributed by atoms with Crippen molar-refractivity contribution in [3.05, 3.63) is 52.6 Å². The number of thiazole rings is 1. The molecule has 1 aromatic carbocycles. The number of carbonyl (C=O) groups is 1. The molecule has 27 heavy (non-hydrogen) atoms. The van der Waals surface area contributed by atoms with E-state index in [0.29, 0.717) is 22.3 Å². The highest BCUT2D eigenvalue weighted by molar-refractivity contribution is 7.13. The van der Waals surface area contributed by atoms with Crippen molar-refractivity contribution in [2.24, 2.45) is 0 Å². The number of nitrogens with zero attached hydrogens (tertiary/aromatic N) is 4. The lowest BCUT2D eigenvalue weighted by molar-refractivity contribution is -0.137. The molecule has 0 radical (unpaired) electrons. The number of aryl methyl sites for hydroxylation is 1. The number of halogens is 3. The molecule has 142 valence electrons. The van der Waals surface area contributed by atoms with Crippen molar-refractivity contribution in [2.45, 2.75) is 26.1 Å². The summed E-state index contributed by atoms with van der Waals surface area (Å²) in [7, 11) is 1.59. The SMILES string of the molecule is Cc1noc([C@H](C)N(C)C(=O)c2csc(-c3ccc(C(F)(F)F)cc3)n2)n1. The first-order valence-electron chi connectivity index (χ1n) is 7.87. The van der Waals surface area contributed by atoms with Gasteiger partial charge in [-0.05, 0) is 26.0 Å². The van der Waals surface area contributed by atoms with Crippen LogP contribution in [0.3, 0.4) is 0 Å². The van der Waals surface area contributed by atoms with Gasteiger partial charge in [0.2, 0.25) is 5.89 Å². The number of rotatable bonds is 4. The molecular weight excluding hydrogens is 381 g/mol. The Balaban J connectivity index is 1.77. The maximum absolute atomic E-state index is 12.7. The van der Waals surface area contributed by atoms with E-state index in [-0.39, 0.29) is 11.6 Å². The van der Waals surface area contributed by atoms with Crippen LogP contribution in [0.15, 0.2) is 34.2 Å². The van der Waals surface area contributed by atoms with Crippen LogP contribution in [0.25, 0.3) is 10.6 Å². The van der Waals surface area contributed by atoms with Gasteiger partial charge in [0, 0.05) is 18.0 Å². The van der Waals surface area contributed by atoms with Crippen molar-refractivity contribution in [2.75, 3.05) is 7.05 Å². The smallest absolute Gasteiger partial charge is 0.337 e. The molecular formula is C17H15F3N4O2S. The Hall–Kier alpha value is -2.75. The lowest BCUT2D eigenvalue weighted by Crippen LogP contribution is -2.30. The Morgan fingerprint density at radius 1 is 1.22 bits per heavy atom. The second-order valence-electron chi connectivity index (χ2n) is 5.88. The maximum atomic E-state index is 12.7. The normalized spacial score (nSPS) is 12.8. The highest BCUT2D eigenvalue weighted by Gasteiger charge is 2.30. The summed E-state index contributed by atoms with van der Waals surface area (Å²) in [6.07, 6.45) is -4.39. The van der Waals surface area contributed by atoms with Crippen molar-refractivity contribution in [1.82, 2.24) is 20.0 Å². The zero-order valence-corrected chi connectivity index (χ0v) is 15.4. The standard InChI is InChI=1S/C17H15F3N4O2S/c1-9(14-21-10(2)23-26-14)24(3)16(25)13-8-27-15(22-13)11-4-6-12(7-5-11)17(18,19)20/h4-9H,1-3H3/t9-/m0/s1. The van der Waals surface area contributed by atoms with Crippen LogP contribution in [0.1, 0.15) is 40.7 Å². The molecule has 0 aliphatic carbocycles. The van der Waals surface area contributed by atoms with Crippen LogP contribution in [0, 0.1) is 6.92 Å². The minimum atomic E-state index is -4.39. The molecule has 0 saturated heterocycles. The molecule has 2 aromatic heterocycles. The second kappa shape index (κ2) is 7.10. The number of hydrogen-bond acceptors (Lipinski definition) is 6. The number of alkyl halides is 3. The molecule has 1 amide bonds. The summed E-state index contributed by atoms with van der Waals surface area (Å²) in [4.78, 5) is 22.4. The number of amides is 1. The lowest BCUT2D eigenvalue weighted by atomic mass is 10.1. The van der Waals surface area contributed by atoms with Gasteiger partial charge in [0.15, 0.2) is 5.82 Å². The Morgan fingerprint density at radius 3 is 2.44 bits per heavy atom. The molecule has 0 aliphatic rings. The van der Waals surface area contributed by atoms with Crippen LogP contribution in [0.5, 0.6) is 0 Å². The predicted octanol–water partition coefficient (Wildman–Crippen LogP) is 4.35. The molecule has 0 aliphatic heterocycles. The van der Waals surface area contributed by atoms with Crippen molar-refractivity contribution in [3.63, 3.8) is 0 Å². The molecule has 0 spiro atoms. The fourth-order valence-corrected chi connectivity index (χ4v) is 3.11. The van der Waals surface area contributed by atoms with Crippen molar-refractivity contribution in [1.29, 1.82) is 0 Å². The third kappa shape index (κ3) is 4.00. The summed E-state index contributed by atoms with van der Waals surface area (Å²) < 4.78 is 43.1.